The van der Waals surface area contributed by atoms with E-state index in [1.54, 1.807) is 0 Å². The van der Waals surface area contributed by atoms with Crippen molar-refractivity contribution in [1.29, 1.82) is 0 Å². The van der Waals surface area contributed by atoms with Crippen molar-refractivity contribution in [2.45, 2.75) is 20.5 Å². The standard InChI is InChI=1S/C29H21NO3/c1-17-7-10-19(11-8-17)28(31)29-26(23-13-18(2)9-12-25(23)33-29)20-14-21-16-32-24-6-4-3-5-22(24)27(21)30-15-20/h3-15H,16H2,1-2H3. The number of ketones is 1. The number of aromatic nitrogens is 1. The molecule has 0 saturated heterocycles. The van der Waals surface area contributed by atoms with Crippen LogP contribution in [0.2, 0.25) is 0 Å². The van der Waals surface area contributed by atoms with E-state index in [0.29, 0.717) is 23.5 Å². The molecule has 2 aromatic heterocycles. The first-order chi connectivity index (χ1) is 16.1. The molecule has 0 N–H and O–H groups in total. The molecule has 1 aliphatic heterocycles. The SMILES string of the molecule is Cc1ccc(C(=O)c2oc3ccc(C)cc3c2-c2cnc3c(c2)COc2ccccc2-3)cc1. The van der Waals surface area contributed by atoms with E-state index in [9.17, 15) is 4.79 Å². The van der Waals surface area contributed by atoms with Crippen LogP contribution in [-0.2, 0) is 6.61 Å². The predicted molar refractivity (Wildman–Crippen MR) is 129 cm³/mol. The molecule has 0 atom stereocenters. The highest BCUT2D eigenvalue weighted by Crippen LogP contribution is 2.41. The monoisotopic (exact) mass is 431 g/mol. The van der Waals surface area contributed by atoms with Gasteiger partial charge in [0.1, 0.15) is 17.9 Å². The first kappa shape index (κ1) is 19.5. The Kier molecular flexibility index (Phi) is 4.40. The Morgan fingerprint density at radius 1 is 0.909 bits per heavy atom. The molecule has 1 aliphatic rings. The summed E-state index contributed by atoms with van der Waals surface area (Å²) in [5, 5.41) is 0.907. The molecule has 6 rings (SSSR count). The molecule has 0 radical (unpaired) electrons. The zero-order valence-electron chi connectivity index (χ0n) is 18.4. The summed E-state index contributed by atoms with van der Waals surface area (Å²) in [4.78, 5) is 18.3. The molecule has 3 aromatic carbocycles. The van der Waals surface area contributed by atoms with Crippen LogP contribution < -0.4 is 4.74 Å². The van der Waals surface area contributed by atoms with E-state index in [4.69, 9.17) is 14.1 Å². The zero-order chi connectivity index (χ0) is 22.5. The number of para-hydroxylation sites is 1. The van der Waals surface area contributed by atoms with Gasteiger partial charge in [0.25, 0.3) is 0 Å². The second-order valence-electron chi connectivity index (χ2n) is 8.52. The van der Waals surface area contributed by atoms with Crippen LogP contribution in [0.25, 0.3) is 33.4 Å². The highest BCUT2D eigenvalue weighted by Gasteiger charge is 2.25. The molecule has 0 fully saturated rings. The van der Waals surface area contributed by atoms with Crippen LogP contribution in [0.5, 0.6) is 5.75 Å². The van der Waals surface area contributed by atoms with Gasteiger partial charge in [-0.2, -0.15) is 0 Å². The fraction of sp³-hybridized carbons (Fsp3) is 0.103. The number of ether oxygens (including phenoxy) is 1. The summed E-state index contributed by atoms with van der Waals surface area (Å²) in [6.07, 6.45) is 1.83. The molecule has 4 heteroatoms. The molecular formula is C29H21NO3. The van der Waals surface area contributed by atoms with Crippen LogP contribution in [0.4, 0.5) is 0 Å². The van der Waals surface area contributed by atoms with Crippen LogP contribution in [0.1, 0.15) is 32.8 Å². The third-order valence-electron chi connectivity index (χ3n) is 6.14. The molecule has 3 heterocycles. The Labute approximate surface area is 191 Å². The van der Waals surface area contributed by atoms with Gasteiger partial charge in [0.05, 0.1) is 5.69 Å². The Bertz CT molecular complexity index is 1540. The molecular weight excluding hydrogens is 410 g/mol. The molecule has 33 heavy (non-hydrogen) atoms. The molecule has 0 aliphatic carbocycles. The van der Waals surface area contributed by atoms with Crippen molar-refractivity contribution in [3.63, 3.8) is 0 Å². The highest BCUT2D eigenvalue weighted by atomic mass is 16.5. The van der Waals surface area contributed by atoms with E-state index in [2.05, 4.69) is 12.1 Å². The molecule has 0 unspecified atom stereocenters. The van der Waals surface area contributed by atoms with Gasteiger partial charge < -0.3 is 9.15 Å². The van der Waals surface area contributed by atoms with Gasteiger partial charge in [-0.25, -0.2) is 0 Å². The summed E-state index contributed by atoms with van der Waals surface area (Å²) in [6, 6.07) is 23.5. The summed E-state index contributed by atoms with van der Waals surface area (Å²) < 4.78 is 12.1. The van der Waals surface area contributed by atoms with E-state index in [1.807, 2.05) is 80.7 Å². The van der Waals surface area contributed by atoms with Gasteiger partial charge in [0.15, 0.2) is 5.76 Å². The maximum absolute atomic E-state index is 13.5. The Balaban J connectivity index is 1.55. The number of aryl methyl sites for hydroxylation is 2. The van der Waals surface area contributed by atoms with E-state index in [0.717, 1.165) is 50.2 Å². The highest BCUT2D eigenvalue weighted by molar-refractivity contribution is 6.15. The quantitative estimate of drug-likeness (QED) is 0.292. The number of carbonyl (C=O) groups excluding carboxylic acids is 1. The van der Waals surface area contributed by atoms with Crippen molar-refractivity contribution in [2.24, 2.45) is 0 Å². The minimum Gasteiger partial charge on any atom is -0.488 e. The van der Waals surface area contributed by atoms with Crippen LogP contribution >= 0.6 is 0 Å². The van der Waals surface area contributed by atoms with Gasteiger partial charge in [-0.1, -0.05) is 53.6 Å². The number of fused-ring (bicyclic) bond motifs is 4. The third kappa shape index (κ3) is 3.23. The Hall–Kier alpha value is -4.18. The molecule has 0 bridgehead atoms. The average molecular weight is 431 g/mol. The predicted octanol–water partition coefficient (Wildman–Crippen LogP) is 6.90. The minimum absolute atomic E-state index is 0.141. The smallest absolute Gasteiger partial charge is 0.228 e. The van der Waals surface area contributed by atoms with Gasteiger partial charge in [0.2, 0.25) is 5.78 Å². The van der Waals surface area contributed by atoms with Crippen LogP contribution in [0.15, 0.2) is 83.4 Å². The Morgan fingerprint density at radius 2 is 1.70 bits per heavy atom. The molecule has 5 aromatic rings. The maximum atomic E-state index is 13.5. The number of rotatable bonds is 3. The number of carbonyl (C=O) groups is 1. The normalized spacial score (nSPS) is 12.2. The lowest BCUT2D eigenvalue weighted by Gasteiger charge is -2.20. The second kappa shape index (κ2) is 7.45. The van der Waals surface area contributed by atoms with Crippen molar-refractivity contribution in [3.8, 4) is 28.1 Å². The van der Waals surface area contributed by atoms with E-state index < -0.39 is 0 Å². The van der Waals surface area contributed by atoms with E-state index >= 15 is 0 Å². The fourth-order valence-electron chi connectivity index (χ4n) is 4.44. The topological polar surface area (TPSA) is 52.3 Å². The number of benzene rings is 3. The van der Waals surface area contributed by atoms with Crippen LogP contribution in [-0.4, -0.2) is 10.8 Å². The third-order valence-corrected chi connectivity index (χ3v) is 6.14. The lowest BCUT2D eigenvalue weighted by molar-refractivity contribution is 0.101. The molecule has 0 saturated carbocycles. The minimum atomic E-state index is -0.141. The van der Waals surface area contributed by atoms with Crippen LogP contribution in [0.3, 0.4) is 0 Å². The lowest BCUT2D eigenvalue weighted by atomic mass is 9.95. The average Bonchev–Trinajstić information content (AvgIpc) is 3.22. The molecule has 0 spiro atoms. The van der Waals surface area contributed by atoms with E-state index in [1.165, 1.54) is 0 Å². The molecule has 4 nitrogen and oxygen atoms in total. The number of hydrogen-bond donors (Lipinski definition) is 0. The van der Waals surface area contributed by atoms with Gasteiger partial charge in [0, 0.05) is 39.4 Å². The largest absolute Gasteiger partial charge is 0.488 e. The number of pyridine rings is 1. The first-order valence-corrected chi connectivity index (χ1v) is 10.9. The Morgan fingerprint density at radius 3 is 2.55 bits per heavy atom. The van der Waals surface area contributed by atoms with Gasteiger partial charge in [-0.15, -0.1) is 0 Å². The summed E-state index contributed by atoms with van der Waals surface area (Å²) >= 11 is 0. The molecule has 0 amide bonds. The zero-order valence-corrected chi connectivity index (χ0v) is 18.4. The maximum Gasteiger partial charge on any atom is 0.228 e. The van der Waals surface area contributed by atoms with Crippen molar-refractivity contribution in [2.75, 3.05) is 0 Å². The molecule has 160 valence electrons. The lowest BCUT2D eigenvalue weighted by Crippen LogP contribution is -2.07. The van der Waals surface area contributed by atoms with Crippen molar-refractivity contribution < 1.29 is 13.9 Å². The van der Waals surface area contributed by atoms with Gasteiger partial charge in [-0.3, -0.25) is 9.78 Å². The van der Waals surface area contributed by atoms with Crippen LogP contribution in [0, 0.1) is 13.8 Å². The summed E-state index contributed by atoms with van der Waals surface area (Å²) in [6.45, 7) is 4.47. The number of hydrogen-bond acceptors (Lipinski definition) is 4. The van der Waals surface area contributed by atoms with Crippen molar-refractivity contribution in [1.82, 2.24) is 4.98 Å². The number of nitrogens with zero attached hydrogens (tertiary/aromatic N) is 1. The van der Waals surface area contributed by atoms with Crippen molar-refractivity contribution >= 4 is 16.8 Å². The summed E-state index contributed by atoms with van der Waals surface area (Å²) in [5.41, 5.74) is 7.98. The second-order valence-corrected chi connectivity index (χ2v) is 8.52. The number of furan rings is 1. The summed E-state index contributed by atoms with van der Waals surface area (Å²) in [7, 11) is 0. The van der Waals surface area contributed by atoms with E-state index in [-0.39, 0.29) is 5.78 Å². The van der Waals surface area contributed by atoms with Gasteiger partial charge in [-0.05, 0) is 44.2 Å². The fourth-order valence-corrected chi connectivity index (χ4v) is 4.44. The van der Waals surface area contributed by atoms with Gasteiger partial charge >= 0.3 is 0 Å². The van der Waals surface area contributed by atoms with Crippen molar-refractivity contribution in [3.05, 3.63) is 107 Å². The summed E-state index contributed by atoms with van der Waals surface area (Å²) in [5.74, 6) is 1.03. The first-order valence-electron chi connectivity index (χ1n) is 10.9.